The van der Waals surface area contributed by atoms with Gasteiger partial charge < -0.3 is 10.6 Å². The number of nitrogens with one attached hydrogen (secondary N) is 2. The van der Waals surface area contributed by atoms with Crippen LogP contribution in [0.15, 0.2) is 53.0 Å². The lowest BCUT2D eigenvalue weighted by Crippen LogP contribution is -2.30. The van der Waals surface area contributed by atoms with Gasteiger partial charge in [-0.2, -0.15) is 0 Å². The summed E-state index contributed by atoms with van der Waals surface area (Å²) in [5.74, 6) is -3.70. The Morgan fingerprint density at radius 3 is 2.04 bits per heavy atom. The van der Waals surface area contributed by atoms with Gasteiger partial charge in [-0.3, -0.25) is 9.59 Å². The van der Waals surface area contributed by atoms with Crippen LogP contribution in [0, 0.1) is 5.82 Å². The van der Waals surface area contributed by atoms with Crippen molar-refractivity contribution in [1.82, 2.24) is 0 Å². The van der Waals surface area contributed by atoms with E-state index in [1.54, 1.807) is 24.3 Å². The highest BCUT2D eigenvalue weighted by molar-refractivity contribution is 9.10. The van der Waals surface area contributed by atoms with Crippen molar-refractivity contribution < 1.29 is 22.4 Å². The maximum absolute atomic E-state index is 12.8. The summed E-state index contributed by atoms with van der Waals surface area (Å²) in [6.07, 6.45) is 0. The summed E-state index contributed by atoms with van der Waals surface area (Å²) in [6.45, 7) is 0. The third-order valence-corrected chi connectivity index (χ3v) is 4.84. The molecule has 2 aromatic rings. The number of sulfone groups is 1. The fourth-order valence-electron chi connectivity index (χ4n) is 1.94. The van der Waals surface area contributed by atoms with Crippen LogP contribution in [0.1, 0.15) is 0 Å². The molecule has 0 atom stereocenters. The number of hydrogen-bond acceptors (Lipinski definition) is 4. The van der Waals surface area contributed by atoms with Crippen LogP contribution in [0.5, 0.6) is 0 Å². The molecule has 0 aromatic heterocycles. The lowest BCUT2D eigenvalue weighted by molar-refractivity contribution is -0.114. The lowest BCUT2D eigenvalue weighted by Gasteiger charge is -2.08. The number of benzene rings is 2. The molecule has 0 aliphatic rings. The van der Waals surface area contributed by atoms with Crippen molar-refractivity contribution in [3.8, 4) is 0 Å². The summed E-state index contributed by atoms with van der Waals surface area (Å²) in [6, 6.07) is 11.5. The first kappa shape index (κ1) is 19.1. The lowest BCUT2D eigenvalue weighted by atomic mass is 10.3. The van der Waals surface area contributed by atoms with Crippen LogP contribution < -0.4 is 10.6 Å². The largest absolute Gasteiger partial charge is 0.325 e. The second-order valence-corrected chi connectivity index (χ2v) is 8.13. The molecule has 0 heterocycles. The Morgan fingerprint density at radius 2 is 1.48 bits per heavy atom. The van der Waals surface area contributed by atoms with Crippen LogP contribution >= 0.6 is 15.9 Å². The van der Waals surface area contributed by atoms with E-state index in [-0.39, 0.29) is 5.69 Å². The Morgan fingerprint density at radius 1 is 0.920 bits per heavy atom. The van der Waals surface area contributed by atoms with Crippen LogP contribution in [-0.2, 0) is 19.4 Å². The molecule has 0 unspecified atom stereocenters. The van der Waals surface area contributed by atoms with Crippen LogP contribution in [0.25, 0.3) is 0 Å². The predicted molar refractivity (Wildman–Crippen MR) is 96.5 cm³/mol. The topological polar surface area (TPSA) is 92.3 Å². The number of rotatable bonds is 6. The average Bonchev–Trinajstić information content (AvgIpc) is 2.48. The molecule has 2 amide bonds. The Hall–Kier alpha value is -2.26. The zero-order valence-electron chi connectivity index (χ0n) is 12.8. The van der Waals surface area contributed by atoms with Gasteiger partial charge in [0.2, 0.25) is 11.8 Å². The van der Waals surface area contributed by atoms with Gasteiger partial charge in [-0.25, -0.2) is 12.8 Å². The van der Waals surface area contributed by atoms with Gasteiger partial charge in [0, 0.05) is 15.8 Å². The highest BCUT2D eigenvalue weighted by atomic mass is 79.9. The molecular formula is C16H14BrFN2O4S. The third kappa shape index (κ3) is 6.63. The van der Waals surface area contributed by atoms with Crippen molar-refractivity contribution in [1.29, 1.82) is 0 Å². The summed E-state index contributed by atoms with van der Waals surface area (Å²) < 4.78 is 37.4. The molecule has 6 nitrogen and oxygen atoms in total. The minimum Gasteiger partial charge on any atom is -0.325 e. The van der Waals surface area contributed by atoms with E-state index in [9.17, 15) is 22.4 Å². The molecule has 9 heteroatoms. The fraction of sp³-hybridized carbons (Fsp3) is 0.125. The molecule has 2 aromatic carbocycles. The molecule has 132 valence electrons. The zero-order chi connectivity index (χ0) is 18.4. The Balaban J connectivity index is 1.90. The summed E-state index contributed by atoms with van der Waals surface area (Å²) in [5.41, 5.74) is 0.700. The van der Waals surface area contributed by atoms with E-state index >= 15 is 0 Å². The minimum absolute atomic E-state index is 0.264. The molecular weight excluding hydrogens is 415 g/mol. The van der Waals surface area contributed by atoms with E-state index in [2.05, 4.69) is 26.6 Å². The number of hydrogen-bond donors (Lipinski definition) is 2. The molecule has 0 saturated carbocycles. The number of carbonyl (C=O) groups excluding carboxylic acids is 2. The Kier molecular flexibility index (Phi) is 6.27. The van der Waals surface area contributed by atoms with Gasteiger partial charge in [0.05, 0.1) is 0 Å². The predicted octanol–water partition coefficient (Wildman–Crippen LogP) is 2.58. The monoisotopic (exact) mass is 428 g/mol. The third-order valence-electron chi connectivity index (χ3n) is 2.94. The average molecular weight is 429 g/mol. The van der Waals surface area contributed by atoms with Gasteiger partial charge in [-0.1, -0.05) is 22.0 Å². The first-order chi connectivity index (χ1) is 11.7. The molecule has 0 saturated heterocycles. The molecule has 25 heavy (non-hydrogen) atoms. The summed E-state index contributed by atoms with van der Waals surface area (Å²) in [4.78, 5) is 23.6. The van der Waals surface area contributed by atoms with E-state index in [0.29, 0.717) is 5.69 Å². The Bertz CT molecular complexity index is 885. The maximum atomic E-state index is 12.8. The van der Waals surface area contributed by atoms with E-state index in [1.807, 2.05) is 0 Å². The Labute approximate surface area is 152 Å². The van der Waals surface area contributed by atoms with Crippen LogP contribution in [0.4, 0.5) is 15.8 Å². The molecule has 0 bridgehead atoms. The molecule has 0 fully saturated rings. The second kappa shape index (κ2) is 8.21. The fourth-order valence-corrected chi connectivity index (χ4v) is 3.39. The summed E-state index contributed by atoms with van der Waals surface area (Å²) >= 11 is 3.24. The summed E-state index contributed by atoms with van der Waals surface area (Å²) in [5, 5.41) is 4.78. The minimum atomic E-state index is -3.95. The van der Waals surface area contributed by atoms with E-state index in [4.69, 9.17) is 0 Å². The van der Waals surface area contributed by atoms with Gasteiger partial charge in [-0.15, -0.1) is 0 Å². The molecule has 2 N–H and O–H groups in total. The zero-order valence-corrected chi connectivity index (χ0v) is 15.2. The first-order valence-corrected chi connectivity index (χ1v) is 9.66. The van der Waals surface area contributed by atoms with Crippen LogP contribution in [0.3, 0.4) is 0 Å². The van der Waals surface area contributed by atoms with Gasteiger partial charge in [0.1, 0.15) is 17.3 Å². The number of halogens is 2. The van der Waals surface area contributed by atoms with Crippen molar-refractivity contribution in [2.75, 3.05) is 22.1 Å². The normalized spacial score (nSPS) is 11.0. The van der Waals surface area contributed by atoms with Crippen molar-refractivity contribution in [2.45, 2.75) is 0 Å². The number of amides is 2. The van der Waals surface area contributed by atoms with Crippen LogP contribution in [0.2, 0.25) is 0 Å². The standard InChI is InChI=1S/C16H14BrFN2O4S/c17-11-2-1-3-14(8-11)20-16(22)10-25(23,24)9-15(21)19-13-6-4-12(18)5-7-13/h1-8H,9-10H2,(H,19,21)(H,20,22). The van der Waals surface area contributed by atoms with Gasteiger partial charge in [-0.05, 0) is 42.5 Å². The molecule has 0 aliphatic carbocycles. The second-order valence-electron chi connectivity index (χ2n) is 5.15. The van der Waals surface area contributed by atoms with Crippen molar-refractivity contribution in [3.05, 3.63) is 58.8 Å². The van der Waals surface area contributed by atoms with Crippen molar-refractivity contribution in [3.63, 3.8) is 0 Å². The summed E-state index contributed by atoms with van der Waals surface area (Å²) in [7, 11) is -3.95. The molecule has 2 rings (SSSR count). The smallest absolute Gasteiger partial charge is 0.239 e. The number of anilines is 2. The van der Waals surface area contributed by atoms with Crippen molar-refractivity contribution >= 4 is 49.0 Å². The quantitative estimate of drug-likeness (QED) is 0.739. The van der Waals surface area contributed by atoms with E-state index in [1.165, 1.54) is 12.1 Å². The highest BCUT2D eigenvalue weighted by Gasteiger charge is 2.21. The van der Waals surface area contributed by atoms with Crippen molar-refractivity contribution in [2.24, 2.45) is 0 Å². The molecule has 0 radical (unpaired) electrons. The SMILES string of the molecule is O=C(CS(=O)(=O)CC(=O)Nc1cccc(Br)c1)Nc1ccc(F)cc1. The van der Waals surface area contributed by atoms with Crippen LogP contribution in [-0.4, -0.2) is 31.7 Å². The first-order valence-electron chi connectivity index (χ1n) is 7.05. The molecule has 0 aliphatic heterocycles. The van der Waals surface area contributed by atoms with Gasteiger partial charge >= 0.3 is 0 Å². The highest BCUT2D eigenvalue weighted by Crippen LogP contribution is 2.15. The maximum Gasteiger partial charge on any atom is 0.239 e. The van der Waals surface area contributed by atoms with E-state index < -0.39 is 39.0 Å². The molecule has 0 spiro atoms. The van der Waals surface area contributed by atoms with Gasteiger partial charge in [0.15, 0.2) is 9.84 Å². The number of carbonyl (C=O) groups is 2. The van der Waals surface area contributed by atoms with E-state index in [0.717, 1.165) is 16.6 Å². The van der Waals surface area contributed by atoms with Gasteiger partial charge in [0.25, 0.3) is 0 Å².